The summed E-state index contributed by atoms with van der Waals surface area (Å²) in [6.07, 6.45) is 1.70. The van der Waals surface area contributed by atoms with E-state index in [9.17, 15) is 9.59 Å². The Labute approximate surface area is 200 Å². The van der Waals surface area contributed by atoms with Crippen LogP contribution in [0.1, 0.15) is 43.9 Å². The third-order valence-electron chi connectivity index (χ3n) is 5.41. The van der Waals surface area contributed by atoms with Gasteiger partial charge in [0.15, 0.2) is 0 Å². The van der Waals surface area contributed by atoms with Crippen LogP contribution in [0.2, 0.25) is 5.02 Å². The summed E-state index contributed by atoms with van der Waals surface area (Å²) in [4.78, 5) is 27.6. The van der Waals surface area contributed by atoms with Crippen LogP contribution in [0.5, 0.6) is 11.5 Å². The van der Waals surface area contributed by atoms with E-state index in [-0.39, 0.29) is 22.7 Å². The van der Waals surface area contributed by atoms with Crippen LogP contribution in [-0.4, -0.2) is 54.2 Å². The summed E-state index contributed by atoms with van der Waals surface area (Å²) in [6.45, 7) is 1.14. The summed E-state index contributed by atoms with van der Waals surface area (Å²) >= 11 is 7.22. The predicted octanol–water partition coefficient (Wildman–Crippen LogP) is 4.48. The summed E-state index contributed by atoms with van der Waals surface area (Å²) < 4.78 is 10.6. The quantitative estimate of drug-likeness (QED) is 0.552. The number of carbonyl (C=O) groups excluding carboxylic acids is 2. The molecule has 33 heavy (non-hydrogen) atoms. The molecule has 172 valence electrons. The Morgan fingerprint density at radius 1 is 1.15 bits per heavy atom. The van der Waals surface area contributed by atoms with Crippen LogP contribution in [0, 0.1) is 0 Å². The van der Waals surface area contributed by atoms with Crippen molar-refractivity contribution in [2.24, 2.45) is 0 Å². The molecule has 0 radical (unpaired) electrons. The van der Waals surface area contributed by atoms with Crippen LogP contribution >= 0.6 is 22.9 Å². The van der Waals surface area contributed by atoms with Crippen molar-refractivity contribution in [2.75, 3.05) is 32.6 Å². The predicted molar refractivity (Wildman–Crippen MR) is 127 cm³/mol. The van der Waals surface area contributed by atoms with E-state index in [1.807, 2.05) is 0 Å². The molecule has 1 atom stereocenters. The SMILES string of the molecule is COc1ccc(C(=O)N2CCC[C@H](c3nnc(C(=O)Nc4cccc(Cl)c4)s3)C2)c(OC)c1. The fraction of sp³-hybridized carbons (Fsp3) is 0.304. The van der Waals surface area contributed by atoms with Crippen molar-refractivity contribution >= 4 is 40.4 Å². The average molecular weight is 487 g/mol. The number of carbonyl (C=O) groups is 2. The maximum absolute atomic E-state index is 13.2. The van der Waals surface area contributed by atoms with E-state index in [1.165, 1.54) is 18.4 Å². The Hall–Kier alpha value is -3.17. The van der Waals surface area contributed by atoms with Crippen LogP contribution < -0.4 is 14.8 Å². The number of methoxy groups -OCH3 is 2. The number of nitrogens with one attached hydrogen (secondary N) is 1. The molecule has 1 aliphatic rings. The lowest BCUT2D eigenvalue weighted by Crippen LogP contribution is -2.39. The third-order valence-corrected chi connectivity index (χ3v) is 6.73. The second kappa shape index (κ2) is 10.2. The van der Waals surface area contributed by atoms with E-state index in [4.69, 9.17) is 21.1 Å². The number of hydrogen-bond donors (Lipinski definition) is 1. The molecule has 1 aliphatic heterocycles. The Morgan fingerprint density at radius 3 is 2.76 bits per heavy atom. The number of halogens is 1. The van der Waals surface area contributed by atoms with E-state index in [2.05, 4.69) is 15.5 Å². The average Bonchev–Trinajstić information content (AvgIpc) is 3.34. The number of nitrogens with zero attached hydrogens (tertiary/aromatic N) is 3. The Kier molecular flexibility index (Phi) is 7.10. The number of amides is 2. The highest BCUT2D eigenvalue weighted by Crippen LogP contribution is 2.32. The van der Waals surface area contributed by atoms with Gasteiger partial charge in [0.2, 0.25) is 5.01 Å². The zero-order valence-corrected chi connectivity index (χ0v) is 19.8. The Morgan fingerprint density at radius 2 is 2.00 bits per heavy atom. The lowest BCUT2D eigenvalue weighted by molar-refractivity contribution is 0.0703. The zero-order valence-electron chi connectivity index (χ0n) is 18.2. The van der Waals surface area contributed by atoms with E-state index >= 15 is 0 Å². The first-order valence-corrected chi connectivity index (χ1v) is 11.6. The zero-order chi connectivity index (χ0) is 23.4. The van der Waals surface area contributed by atoms with Crippen LogP contribution in [0.3, 0.4) is 0 Å². The van der Waals surface area contributed by atoms with Gasteiger partial charge in [-0.15, -0.1) is 10.2 Å². The second-order valence-electron chi connectivity index (χ2n) is 7.57. The molecule has 0 saturated carbocycles. The number of rotatable bonds is 6. The number of ether oxygens (including phenoxy) is 2. The van der Waals surface area contributed by atoms with Crippen molar-refractivity contribution in [2.45, 2.75) is 18.8 Å². The molecule has 2 amide bonds. The molecule has 0 spiro atoms. The van der Waals surface area contributed by atoms with Crippen molar-refractivity contribution < 1.29 is 19.1 Å². The van der Waals surface area contributed by atoms with E-state index < -0.39 is 0 Å². The van der Waals surface area contributed by atoms with Crippen LogP contribution in [0.15, 0.2) is 42.5 Å². The molecule has 0 aliphatic carbocycles. The summed E-state index contributed by atoms with van der Waals surface area (Å²) in [5, 5.41) is 12.6. The molecule has 1 N–H and O–H groups in total. The number of piperidine rings is 1. The van der Waals surface area contributed by atoms with Crippen molar-refractivity contribution in [3.8, 4) is 11.5 Å². The molecular weight excluding hydrogens is 464 g/mol. The Balaban J connectivity index is 1.45. The summed E-state index contributed by atoms with van der Waals surface area (Å²) in [6, 6.07) is 12.1. The minimum atomic E-state index is -0.340. The van der Waals surface area contributed by atoms with Gasteiger partial charge in [-0.3, -0.25) is 9.59 Å². The van der Waals surface area contributed by atoms with Gasteiger partial charge < -0.3 is 19.7 Å². The van der Waals surface area contributed by atoms with Gasteiger partial charge in [0.1, 0.15) is 16.5 Å². The smallest absolute Gasteiger partial charge is 0.286 e. The maximum atomic E-state index is 13.2. The molecule has 2 aromatic carbocycles. The van der Waals surface area contributed by atoms with Crippen molar-refractivity contribution in [1.29, 1.82) is 0 Å². The molecule has 0 unspecified atom stereocenters. The standard InChI is InChI=1S/C23H23ClN4O4S/c1-31-17-8-9-18(19(12-17)32-2)23(30)28-10-4-5-14(13-28)21-26-27-22(33-21)20(29)25-16-7-3-6-15(24)11-16/h3,6-9,11-12,14H,4-5,10,13H2,1-2H3,(H,25,29)/t14-/m0/s1. The van der Waals surface area contributed by atoms with Gasteiger partial charge in [0.05, 0.1) is 19.8 Å². The largest absolute Gasteiger partial charge is 0.497 e. The lowest BCUT2D eigenvalue weighted by Gasteiger charge is -2.32. The number of aromatic nitrogens is 2. The highest BCUT2D eigenvalue weighted by Gasteiger charge is 2.30. The summed E-state index contributed by atoms with van der Waals surface area (Å²) in [5.74, 6) is 0.655. The molecule has 2 heterocycles. The normalized spacial score (nSPS) is 15.7. The fourth-order valence-corrected chi connectivity index (χ4v) is 4.81. The number of anilines is 1. The molecule has 1 aromatic heterocycles. The van der Waals surface area contributed by atoms with Gasteiger partial charge >= 0.3 is 0 Å². The second-order valence-corrected chi connectivity index (χ2v) is 9.01. The topological polar surface area (TPSA) is 93.7 Å². The monoisotopic (exact) mass is 486 g/mol. The minimum Gasteiger partial charge on any atom is -0.497 e. The van der Waals surface area contributed by atoms with Crippen LogP contribution in [0.4, 0.5) is 5.69 Å². The van der Waals surface area contributed by atoms with Gasteiger partial charge in [0.25, 0.3) is 11.8 Å². The number of benzene rings is 2. The maximum Gasteiger partial charge on any atom is 0.286 e. The summed E-state index contributed by atoms with van der Waals surface area (Å²) in [5.41, 5.74) is 1.07. The van der Waals surface area contributed by atoms with Crippen LogP contribution in [-0.2, 0) is 0 Å². The van der Waals surface area contributed by atoms with Gasteiger partial charge in [-0.05, 0) is 43.2 Å². The highest BCUT2D eigenvalue weighted by molar-refractivity contribution is 7.13. The van der Waals surface area contributed by atoms with Crippen LogP contribution in [0.25, 0.3) is 0 Å². The first kappa shape index (κ1) is 23.0. The summed E-state index contributed by atoms with van der Waals surface area (Å²) in [7, 11) is 3.10. The molecule has 3 aromatic rings. The molecular formula is C23H23ClN4O4S. The van der Waals surface area contributed by atoms with Crippen molar-refractivity contribution in [1.82, 2.24) is 15.1 Å². The van der Waals surface area contributed by atoms with E-state index in [0.29, 0.717) is 40.9 Å². The molecule has 10 heteroatoms. The van der Waals surface area contributed by atoms with Gasteiger partial charge in [0, 0.05) is 35.8 Å². The molecule has 8 nitrogen and oxygen atoms in total. The van der Waals surface area contributed by atoms with Gasteiger partial charge in [-0.25, -0.2) is 0 Å². The number of likely N-dealkylation sites (tertiary alicyclic amines) is 1. The first-order chi connectivity index (χ1) is 16.0. The highest BCUT2D eigenvalue weighted by atomic mass is 35.5. The molecule has 4 rings (SSSR count). The molecule has 0 bridgehead atoms. The van der Waals surface area contributed by atoms with Crippen molar-refractivity contribution in [3.63, 3.8) is 0 Å². The number of hydrogen-bond acceptors (Lipinski definition) is 7. The first-order valence-electron chi connectivity index (χ1n) is 10.4. The fourth-order valence-electron chi connectivity index (χ4n) is 3.75. The Bertz CT molecular complexity index is 1170. The molecule has 1 saturated heterocycles. The third kappa shape index (κ3) is 5.26. The van der Waals surface area contributed by atoms with Gasteiger partial charge in [-0.1, -0.05) is 29.0 Å². The van der Waals surface area contributed by atoms with Gasteiger partial charge in [-0.2, -0.15) is 0 Å². The minimum absolute atomic E-state index is 0.0113. The van der Waals surface area contributed by atoms with Crippen molar-refractivity contribution in [3.05, 3.63) is 63.1 Å². The lowest BCUT2D eigenvalue weighted by atomic mass is 9.98. The molecule has 1 fully saturated rings. The van der Waals surface area contributed by atoms with E-state index in [1.54, 1.807) is 54.5 Å². The van der Waals surface area contributed by atoms with E-state index in [0.717, 1.165) is 17.8 Å².